The third kappa shape index (κ3) is 15.4. The first-order chi connectivity index (χ1) is 27.1. The third-order valence-electron chi connectivity index (χ3n) is 8.20. The predicted molar refractivity (Wildman–Crippen MR) is 209 cm³/mol. The molecule has 2 unspecified atom stereocenters. The fraction of sp³-hybridized carbons (Fsp3) is 0.386. The Morgan fingerprint density at radius 3 is 1.46 bits per heavy atom. The largest absolute Gasteiger partial charge is 0.462 e. The van der Waals surface area contributed by atoms with Crippen molar-refractivity contribution in [3.05, 3.63) is 109 Å². The van der Waals surface area contributed by atoms with E-state index >= 15 is 0 Å². The van der Waals surface area contributed by atoms with E-state index in [4.69, 9.17) is 33.2 Å². The minimum absolute atomic E-state index is 0.00936. The van der Waals surface area contributed by atoms with Gasteiger partial charge in [0.2, 0.25) is 12.6 Å². The van der Waals surface area contributed by atoms with Gasteiger partial charge in [0.05, 0.1) is 17.7 Å². The molecule has 0 N–H and O–H groups in total. The molecule has 0 aromatic heterocycles. The monoisotopic (exact) mass is 772 g/mol. The van der Waals surface area contributed by atoms with Gasteiger partial charge in [-0.15, -0.1) is 0 Å². The minimum atomic E-state index is -0.829. The summed E-state index contributed by atoms with van der Waals surface area (Å²) < 4.78 is 39.0. The molecule has 0 fully saturated rings. The molecule has 0 aliphatic rings. The van der Waals surface area contributed by atoms with Crippen LogP contribution in [0.1, 0.15) is 122 Å². The van der Waals surface area contributed by atoms with Gasteiger partial charge in [-0.3, -0.25) is 0 Å². The lowest BCUT2D eigenvalue weighted by Crippen LogP contribution is -2.23. The van der Waals surface area contributed by atoms with Crippen LogP contribution < -0.4 is 18.9 Å². The SMILES string of the molecule is C=CC(=O)OC(CCCCC)Oc1ccc(C(=O)Oc2ccc(OC(=O)c3ccc(OC(CCCCC)OC(=O)C=C)cc3)c(C(=O)OCCCCC)c2)cc1. The van der Waals surface area contributed by atoms with Crippen LogP contribution in [0, 0.1) is 0 Å². The number of rotatable bonds is 25. The Hall–Kier alpha value is -5.91. The van der Waals surface area contributed by atoms with Crippen LogP contribution in [0.3, 0.4) is 0 Å². The predicted octanol–water partition coefficient (Wildman–Crippen LogP) is 9.50. The molecule has 3 aromatic rings. The molecule has 0 radical (unpaired) electrons. The molecule has 12 nitrogen and oxygen atoms in total. The second-order valence-electron chi connectivity index (χ2n) is 12.7. The molecule has 0 saturated heterocycles. The number of ether oxygens (including phenoxy) is 7. The summed E-state index contributed by atoms with van der Waals surface area (Å²) in [7, 11) is 0. The van der Waals surface area contributed by atoms with Crippen molar-refractivity contribution in [3.63, 3.8) is 0 Å². The van der Waals surface area contributed by atoms with E-state index in [0.29, 0.717) is 30.8 Å². The molecule has 2 atom stereocenters. The van der Waals surface area contributed by atoms with E-state index in [1.165, 1.54) is 42.5 Å². The van der Waals surface area contributed by atoms with Gasteiger partial charge in [0, 0.05) is 25.0 Å². The lowest BCUT2D eigenvalue weighted by molar-refractivity contribution is -0.159. The Morgan fingerprint density at radius 2 is 1.00 bits per heavy atom. The maximum absolute atomic E-state index is 13.2. The number of hydrogen-bond acceptors (Lipinski definition) is 12. The molecule has 0 amide bonds. The Bertz CT molecular complexity index is 1750. The summed E-state index contributed by atoms with van der Waals surface area (Å²) in [6.07, 6.45) is 9.31. The van der Waals surface area contributed by atoms with Crippen LogP contribution in [-0.4, -0.2) is 49.0 Å². The van der Waals surface area contributed by atoms with Gasteiger partial charge in [0.1, 0.15) is 28.6 Å². The summed E-state index contributed by atoms with van der Waals surface area (Å²) in [5, 5.41) is 0. The average Bonchev–Trinajstić information content (AvgIpc) is 3.20. The first-order valence-corrected chi connectivity index (χ1v) is 19.1. The quantitative estimate of drug-likeness (QED) is 0.0202. The Labute approximate surface area is 328 Å². The van der Waals surface area contributed by atoms with Gasteiger partial charge in [-0.05, 0) is 86.0 Å². The van der Waals surface area contributed by atoms with Gasteiger partial charge in [-0.1, -0.05) is 72.5 Å². The topological polar surface area (TPSA) is 150 Å². The number of unbranched alkanes of at least 4 members (excludes halogenated alkanes) is 6. The zero-order chi connectivity index (χ0) is 40.7. The van der Waals surface area contributed by atoms with Crippen LogP contribution in [-0.2, 0) is 23.8 Å². The maximum Gasteiger partial charge on any atom is 0.343 e. The smallest absolute Gasteiger partial charge is 0.343 e. The molecule has 0 saturated carbocycles. The van der Waals surface area contributed by atoms with Gasteiger partial charge in [-0.25, -0.2) is 24.0 Å². The highest BCUT2D eigenvalue weighted by Gasteiger charge is 2.22. The van der Waals surface area contributed by atoms with E-state index in [1.54, 1.807) is 24.3 Å². The molecule has 56 heavy (non-hydrogen) atoms. The van der Waals surface area contributed by atoms with E-state index in [0.717, 1.165) is 63.5 Å². The first kappa shape index (κ1) is 44.5. The van der Waals surface area contributed by atoms with Crippen molar-refractivity contribution in [2.24, 2.45) is 0 Å². The number of carbonyl (C=O) groups excluding carboxylic acids is 5. The molecule has 0 spiro atoms. The molecule has 0 aliphatic carbocycles. The number of carbonyl (C=O) groups is 5. The molecule has 0 heterocycles. The highest BCUT2D eigenvalue weighted by Crippen LogP contribution is 2.28. The van der Waals surface area contributed by atoms with Gasteiger partial charge >= 0.3 is 29.8 Å². The number of esters is 5. The molecule has 0 aliphatic heterocycles. The van der Waals surface area contributed by atoms with E-state index in [9.17, 15) is 24.0 Å². The van der Waals surface area contributed by atoms with Crippen LogP contribution in [0.5, 0.6) is 23.0 Å². The zero-order valence-electron chi connectivity index (χ0n) is 32.5. The minimum Gasteiger partial charge on any atom is -0.462 e. The van der Waals surface area contributed by atoms with E-state index in [2.05, 4.69) is 27.0 Å². The lowest BCUT2D eigenvalue weighted by Gasteiger charge is -2.19. The first-order valence-electron chi connectivity index (χ1n) is 19.1. The third-order valence-corrected chi connectivity index (χ3v) is 8.20. The van der Waals surface area contributed by atoms with Crippen molar-refractivity contribution < 1.29 is 57.1 Å². The van der Waals surface area contributed by atoms with Crippen LogP contribution in [0.15, 0.2) is 92.0 Å². The average molecular weight is 773 g/mol. The van der Waals surface area contributed by atoms with E-state index < -0.39 is 42.4 Å². The van der Waals surface area contributed by atoms with Crippen molar-refractivity contribution in [1.82, 2.24) is 0 Å². The molecule has 12 heteroatoms. The van der Waals surface area contributed by atoms with Gasteiger partial charge in [0.15, 0.2) is 0 Å². The maximum atomic E-state index is 13.2. The van der Waals surface area contributed by atoms with Crippen LogP contribution in [0.25, 0.3) is 0 Å². The van der Waals surface area contributed by atoms with E-state index in [1.807, 2.05) is 6.92 Å². The Morgan fingerprint density at radius 1 is 0.554 bits per heavy atom. The normalized spacial score (nSPS) is 11.6. The summed E-state index contributed by atoms with van der Waals surface area (Å²) >= 11 is 0. The van der Waals surface area contributed by atoms with Gasteiger partial charge in [0.25, 0.3) is 0 Å². The van der Waals surface area contributed by atoms with Crippen LogP contribution in [0.4, 0.5) is 0 Å². The molecular formula is C44H52O12. The van der Waals surface area contributed by atoms with Crippen LogP contribution in [0.2, 0.25) is 0 Å². The number of hydrogen-bond donors (Lipinski definition) is 0. The highest BCUT2D eigenvalue weighted by molar-refractivity contribution is 5.97. The Balaban J connectivity index is 1.74. The summed E-state index contributed by atoms with van der Waals surface area (Å²) in [5.41, 5.74) is 0.214. The number of benzene rings is 3. The van der Waals surface area contributed by atoms with Crippen LogP contribution >= 0.6 is 0 Å². The standard InChI is InChI=1S/C44H52O12/c1-6-11-14-17-40(55-38(45)9-4)51-33-23-19-31(20-24-33)42(47)53-35-27-28-37(36(30-35)44(49)50-29-16-13-8-3)54-43(48)32-21-25-34(26-22-32)52-41(18-15-12-7-2)56-39(46)10-5/h9-10,19-28,30,40-41H,4-8,11-18,29H2,1-3H3. The summed E-state index contributed by atoms with van der Waals surface area (Å²) in [4.78, 5) is 63.2. The molecule has 300 valence electrons. The summed E-state index contributed by atoms with van der Waals surface area (Å²) in [6, 6.07) is 16.1. The second-order valence-corrected chi connectivity index (χ2v) is 12.7. The fourth-order valence-electron chi connectivity index (χ4n) is 5.14. The summed E-state index contributed by atoms with van der Waals surface area (Å²) in [5.74, 6) is -2.82. The molecule has 0 bridgehead atoms. The molecular weight excluding hydrogens is 720 g/mol. The van der Waals surface area contributed by atoms with Crippen molar-refractivity contribution in [3.8, 4) is 23.0 Å². The zero-order valence-corrected chi connectivity index (χ0v) is 32.5. The van der Waals surface area contributed by atoms with Crippen molar-refractivity contribution in [1.29, 1.82) is 0 Å². The highest BCUT2D eigenvalue weighted by atomic mass is 16.7. The molecule has 3 rings (SSSR count). The lowest BCUT2D eigenvalue weighted by atomic mass is 10.1. The second kappa shape index (κ2) is 24.5. The van der Waals surface area contributed by atoms with Crippen molar-refractivity contribution in [2.75, 3.05) is 6.61 Å². The van der Waals surface area contributed by atoms with Crippen molar-refractivity contribution in [2.45, 2.75) is 104 Å². The van der Waals surface area contributed by atoms with Gasteiger partial charge in [-0.2, -0.15) is 0 Å². The molecule has 3 aromatic carbocycles. The van der Waals surface area contributed by atoms with E-state index in [-0.39, 0.29) is 34.8 Å². The van der Waals surface area contributed by atoms with Gasteiger partial charge < -0.3 is 33.2 Å². The fourth-order valence-corrected chi connectivity index (χ4v) is 5.14. The Kier molecular flexibility index (Phi) is 19.5. The van der Waals surface area contributed by atoms with Crippen molar-refractivity contribution >= 4 is 29.8 Å². The summed E-state index contributed by atoms with van der Waals surface area (Å²) in [6.45, 7) is 13.1.